The van der Waals surface area contributed by atoms with E-state index in [1.54, 1.807) is 23.6 Å². The van der Waals surface area contributed by atoms with E-state index in [1.807, 2.05) is 14.1 Å². The normalized spacial score (nSPS) is 15.8. The fourth-order valence-corrected chi connectivity index (χ4v) is 5.23. The Morgan fingerprint density at radius 1 is 0.808 bits per heavy atom. The molecule has 292 valence electrons. The first-order valence-corrected chi connectivity index (χ1v) is 16.3. The van der Waals surface area contributed by atoms with E-state index in [0.29, 0.717) is 44.2 Å². The van der Waals surface area contributed by atoms with Crippen molar-refractivity contribution < 1.29 is 34.4 Å². The molecule has 0 radical (unpaired) electrons. The molecular formula is C35H56F2N8O7. The summed E-state index contributed by atoms with van der Waals surface area (Å²) in [7, 11) is 3.96. The maximum absolute atomic E-state index is 13.8. The van der Waals surface area contributed by atoms with Crippen molar-refractivity contribution in [1.82, 2.24) is 24.9 Å². The van der Waals surface area contributed by atoms with Gasteiger partial charge in [-0.2, -0.15) is 8.78 Å². The Balaban J connectivity index is 0.000000927. The molecule has 0 unspecified atom stereocenters. The van der Waals surface area contributed by atoms with Crippen LogP contribution in [0.5, 0.6) is 0 Å². The summed E-state index contributed by atoms with van der Waals surface area (Å²) >= 11 is 0. The van der Waals surface area contributed by atoms with Crippen LogP contribution < -0.4 is 11.1 Å². The number of nitro groups is 2. The highest BCUT2D eigenvalue weighted by Gasteiger charge is 2.29. The number of hydrogen-bond donors (Lipinski definition) is 2. The molecule has 0 saturated carbocycles. The zero-order valence-corrected chi connectivity index (χ0v) is 29.0. The number of rotatable bonds is 10. The van der Waals surface area contributed by atoms with Crippen LogP contribution in [0.2, 0.25) is 0 Å². The number of amides is 3. The molecule has 4 rings (SSSR count). The van der Waals surface area contributed by atoms with Crippen molar-refractivity contribution in [3.05, 3.63) is 79.4 Å². The lowest BCUT2D eigenvalue weighted by molar-refractivity contribution is -0.387. The number of hydrogen-bond acceptors (Lipinski definition) is 10. The molecule has 52 heavy (non-hydrogen) atoms. The molecule has 2 heterocycles. The summed E-state index contributed by atoms with van der Waals surface area (Å²) in [6, 6.07) is 5.51. The third-order valence-electron chi connectivity index (χ3n) is 8.21. The van der Waals surface area contributed by atoms with Crippen LogP contribution in [0.3, 0.4) is 0 Å². The second-order valence-corrected chi connectivity index (χ2v) is 11.8. The van der Waals surface area contributed by atoms with Crippen LogP contribution in [-0.4, -0.2) is 126 Å². The molecule has 3 amide bonds. The van der Waals surface area contributed by atoms with Crippen molar-refractivity contribution in [3.8, 4) is 0 Å². The van der Waals surface area contributed by atoms with E-state index in [1.165, 1.54) is 12.1 Å². The fraction of sp³-hybridized carbons (Fsp3) is 0.571. The van der Waals surface area contributed by atoms with Crippen LogP contribution in [0.1, 0.15) is 54.5 Å². The Hall–Kier alpha value is -4.61. The average Bonchev–Trinajstić information content (AvgIpc) is 3.08. The van der Waals surface area contributed by atoms with Crippen molar-refractivity contribution in [2.75, 3.05) is 66.5 Å². The number of carbonyl (C=O) groups excluding carboxylic acids is 3. The van der Waals surface area contributed by atoms with Gasteiger partial charge in [0.2, 0.25) is 29.4 Å². The topological polar surface area (TPSA) is 188 Å². The molecule has 0 aromatic heterocycles. The van der Waals surface area contributed by atoms with Gasteiger partial charge in [-0.3, -0.25) is 34.6 Å². The molecule has 0 bridgehead atoms. The molecule has 2 saturated heterocycles. The minimum Gasteiger partial charge on any atom is -0.344 e. The Labute approximate surface area is 306 Å². The van der Waals surface area contributed by atoms with E-state index >= 15 is 0 Å². The first kappa shape index (κ1) is 45.4. The van der Waals surface area contributed by atoms with Gasteiger partial charge in [0.05, 0.1) is 15.9 Å². The van der Waals surface area contributed by atoms with Crippen LogP contribution in [0.4, 0.5) is 20.2 Å². The molecule has 0 aliphatic carbocycles. The van der Waals surface area contributed by atoms with E-state index in [2.05, 4.69) is 15.1 Å². The quantitative estimate of drug-likeness (QED) is 0.269. The molecular weight excluding hydrogens is 682 g/mol. The van der Waals surface area contributed by atoms with Gasteiger partial charge in [0.15, 0.2) is 0 Å². The van der Waals surface area contributed by atoms with Gasteiger partial charge in [0.25, 0.3) is 0 Å². The predicted molar refractivity (Wildman–Crippen MR) is 197 cm³/mol. The lowest BCUT2D eigenvalue weighted by atomic mass is 10.0. The van der Waals surface area contributed by atoms with Crippen molar-refractivity contribution in [3.63, 3.8) is 0 Å². The summed E-state index contributed by atoms with van der Waals surface area (Å²) in [6.45, 7) is 9.41. The third kappa shape index (κ3) is 14.2. The second-order valence-electron chi connectivity index (χ2n) is 11.8. The van der Waals surface area contributed by atoms with Crippen molar-refractivity contribution in [1.29, 1.82) is 0 Å². The van der Waals surface area contributed by atoms with Gasteiger partial charge < -0.3 is 30.7 Å². The first-order valence-electron chi connectivity index (χ1n) is 17.0. The lowest BCUT2D eigenvalue weighted by Crippen LogP contribution is -2.54. The fourth-order valence-electron chi connectivity index (χ4n) is 5.23. The van der Waals surface area contributed by atoms with Crippen LogP contribution in [0.25, 0.3) is 0 Å². The summed E-state index contributed by atoms with van der Waals surface area (Å²) in [6.07, 6.45) is 0.451. The standard InChI is InChI=1S/C17H23FN4O4.C14H19FN4O3.C2H6.2CH4/c1-3-16(23)19-14(17(24)21-8-6-20(2)7-9-21)11-12-4-5-15(22(25)26)13(18)10-12;1-17-4-6-18(7-5-17)14(20)12(16)9-10-2-3-13(19(21)22)11(15)8-10;1-2;;/h4-5,10,14H,3,6-9,11H2,1-2H3,(H,19,23);2-3,8,12H,4-7,9,16H2,1H3;1-2H3;2*1H4/t14-;12-;;;/m11.../s1/i;;1D;;. The Morgan fingerprint density at radius 3 is 1.56 bits per heavy atom. The molecule has 17 heteroatoms. The molecule has 2 aromatic carbocycles. The minimum atomic E-state index is -0.958. The highest BCUT2D eigenvalue weighted by Crippen LogP contribution is 2.20. The number of halogens is 2. The van der Waals surface area contributed by atoms with Crippen molar-refractivity contribution >= 4 is 29.1 Å². The Morgan fingerprint density at radius 2 is 1.19 bits per heavy atom. The maximum atomic E-state index is 13.8. The van der Waals surface area contributed by atoms with Crippen LogP contribution >= 0.6 is 0 Å². The highest BCUT2D eigenvalue weighted by molar-refractivity contribution is 5.88. The van der Waals surface area contributed by atoms with E-state index in [9.17, 15) is 43.4 Å². The minimum absolute atomic E-state index is 0. The predicted octanol–water partition coefficient (Wildman–Crippen LogP) is 3.62. The van der Waals surface area contributed by atoms with E-state index in [4.69, 9.17) is 7.10 Å². The number of carbonyl (C=O) groups is 3. The smallest absolute Gasteiger partial charge is 0.304 e. The van der Waals surface area contributed by atoms with E-state index in [0.717, 1.165) is 50.4 Å². The average molecular weight is 740 g/mol. The van der Waals surface area contributed by atoms with Gasteiger partial charge in [0.1, 0.15) is 6.04 Å². The van der Waals surface area contributed by atoms with Crippen molar-refractivity contribution in [2.24, 2.45) is 5.73 Å². The SMILES string of the molecule is C.C.CCC(=O)N[C@H](Cc1ccc([N+](=O)[O-])c(F)c1)C(=O)N1CCN(C)CC1.CN1CCN(C(=O)[C@H](N)Cc2ccc([N+](=O)[O-])c(F)c2)CC1.[2H]CC. The van der Waals surface area contributed by atoms with Gasteiger partial charge in [-0.1, -0.05) is 47.7 Å². The molecule has 2 aromatic rings. The van der Waals surface area contributed by atoms with E-state index in [-0.39, 0.29) is 51.8 Å². The Bertz CT molecular complexity index is 1510. The number of piperazine rings is 2. The lowest BCUT2D eigenvalue weighted by Gasteiger charge is -2.34. The van der Waals surface area contributed by atoms with Crippen LogP contribution in [-0.2, 0) is 27.2 Å². The number of likely N-dealkylation sites (N-methyl/N-ethyl adjacent to an activating group) is 2. The number of nitro benzene ring substituents is 2. The van der Waals surface area contributed by atoms with Crippen LogP contribution in [0, 0.1) is 31.9 Å². The molecule has 15 nitrogen and oxygen atoms in total. The summed E-state index contributed by atoms with van der Waals surface area (Å²) in [5.74, 6) is -2.55. The number of benzene rings is 2. The number of nitrogens with one attached hydrogen (secondary N) is 1. The molecule has 2 fully saturated rings. The summed E-state index contributed by atoms with van der Waals surface area (Å²) in [4.78, 5) is 64.2. The zero-order chi connectivity index (χ0) is 38.2. The number of nitrogens with two attached hydrogens (primary N) is 1. The van der Waals surface area contributed by atoms with E-state index < -0.39 is 44.9 Å². The monoisotopic (exact) mass is 739 g/mol. The molecule has 2 aliphatic rings. The van der Waals surface area contributed by atoms with Gasteiger partial charge in [-0.25, -0.2) is 0 Å². The van der Waals surface area contributed by atoms with Gasteiger partial charge in [0, 0.05) is 78.7 Å². The first-order chi connectivity index (χ1) is 24.1. The summed E-state index contributed by atoms with van der Waals surface area (Å²) in [5, 5.41) is 24.0. The zero-order valence-electron chi connectivity index (χ0n) is 30.0. The highest BCUT2D eigenvalue weighted by atomic mass is 19.1. The molecule has 2 aliphatic heterocycles. The molecule has 2 atom stereocenters. The van der Waals surface area contributed by atoms with Crippen molar-refractivity contribution in [2.45, 2.75) is 66.9 Å². The van der Waals surface area contributed by atoms with Gasteiger partial charge >= 0.3 is 11.4 Å². The third-order valence-corrected chi connectivity index (χ3v) is 8.21. The van der Waals surface area contributed by atoms with Crippen LogP contribution in [0.15, 0.2) is 36.4 Å². The summed E-state index contributed by atoms with van der Waals surface area (Å²) in [5.41, 5.74) is 5.59. The molecule has 0 spiro atoms. The Kier molecular flexibility index (Phi) is 20.1. The number of nitrogens with zero attached hydrogens (tertiary/aromatic N) is 6. The largest absolute Gasteiger partial charge is 0.344 e. The van der Waals surface area contributed by atoms with Gasteiger partial charge in [-0.05, 0) is 43.8 Å². The maximum Gasteiger partial charge on any atom is 0.304 e. The second kappa shape index (κ2) is 23.1. The van der Waals surface area contributed by atoms with Gasteiger partial charge in [-0.15, -0.1) is 0 Å². The summed E-state index contributed by atoms with van der Waals surface area (Å²) < 4.78 is 33.6. The molecule has 3 N–H and O–H groups in total.